The van der Waals surface area contributed by atoms with Crippen LogP contribution in [-0.2, 0) is 4.74 Å². The smallest absolute Gasteiger partial charge is 0.337 e. The van der Waals surface area contributed by atoms with Gasteiger partial charge >= 0.3 is 5.97 Å². The number of benzene rings is 2. The molecule has 0 bridgehead atoms. The first kappa shape index (κ1) is 16.3. The van der Waals surface area contributed by atoms with Gasteiger partial charge in [0.1, 0.15) is 17.4 Å². The average Bonchev–Trinajstić information content (AvgIpc) is 2.62. The number of esters is 1. The summed E-state index contributed by atoms with van der Waals surface area (Å²) in [5.74, 6) is 1.01. The normalized spacial score (nSPS) is 20.4. The molecular formula is C20H21NO3. The van der Waals surface area contributed by atoms with Crippen molar-refractivity contribution in [3.63, 3.8) is 0 Å². The molecular weight excluding hydrogens is 302 g/mol. The number of carbonyl (C=O) groups excluding carboxylic acids is 1. The monoisotopic (exact) mass is 323 g/mol. The minimum Gasteiger partial charge on any atom is -0.489 e. The van der Waals surface area contributed by atoms with E-state index in [9.17, 15) is 10.1 Å². The van der Waals surface area contributed by atoms with Gasteiger partial charge in [-0.25, -0.2) is 4.79 Å². The van der Waals surface area contributed by atoms with Crippen molar-refractivity contribution in [2.45, 2.75) is 38.7 Å². The molecule has 0 N–H and O–H groups in total. The molecule has 0 aromatic heterocycles. The SMILES string of the molecule is COC(=O)c1ccc2c(C#N)c(OC3CCC(C)CC3)ccc2c1. The van der Waals surface area contributed by atoms with Gasteiger partial charge in [0, 0.05) is 5.39 Å². The maximum Gasteiger partial charge on any atom is 0.337 e. The molecule has 0 spiro atoms. The first-order valence-corrected chi connectivity index (χ1v) is 8.34. The van der Waals surface area contributed by atoms with Crippen molar-refractivity contribution < 1.29 is 14.3 Å². The van der Waals surface area contributed by atoms with Crippen LogP contribution in [0.2, 0.25) is 0 Å². The van der Waals surface area contributed by atoms with Gasteiger partial charge in [0.15, 0.2) is 0 Å². The van der Waals surface area contributed by atoms with Crippen molar-refractivity contribution in [2.75, 3.05) is 7.11 Å². The van der Waals surface area contributed by atoms with Crippen molar-refractivity contribution >= 4 is 16.7 Å². The van der Waals surface area contributed by atoms with Gasteiger partial charge in [-0.3, -0.25) is 0 Å². The van der Waals surface area contributed by atoms with Crippen molar-refractivity contribution in [3.05, 3.63) is 41.5 Å². The van der Waals surface area contributed by atoms with Crippen LogP contribution in [0.25, 0.3) is 10.8 Å². The van der Waals surface area contributed by atoms with Gasteiger partial charge in [0.2, 0.25) is 0 Å². The van der Waals surface area contributed by atoms with Crippen molar-refractivity contribution in [3.8, 4) is 11.8 Å². The number of fused-ring (bicyclic) bond motifs is 1. The summed E-state index contributed by atoms with van der Waals surface area (Å²) in [5.41, 5.74) is 1.01. The number of nitrogens with zero attached hydrogens (tertiary/aromatic N) is 1. The zero-order valence-corrected chi connectivity index (χ0v) is 14.0. The van der Waals surface area contributed by atoms with Crippen molar-refractivity contribution in [1.29, 1.82) is 5.26 Å². The molecule has 0 aliphatic heterocycles. The minimum absolute atomic E-state index is 0.181. The molecule has 4 nitrogen and oxygen atoms in total. The number of methoxy groups -OCH3 is 1. The van der Waals surface area contributed by atoms with E-state index in [1.165, 1.54) is 20.0 Å². The maximum atomic E-state index is 11.7. The van der Waals surface area contributed by atoms with E-state index in [0.717, 1.165) is 29.5 Å². The fraction of sp³-hybridized carbons (Fsp3) is 0.400. The van der Waals surface area contributed by atoms with E-state index in [0.29, 0.717) is 16.9 Å². The van der Waals surface area contributed by atoms with Gasteiger partial charge in [-0.15, -0.1) is 0 Å². The van der Waals surface area contributed by atoms with Crippen LogP contribution in [0, 0.1) is 17.2 Å². The zero-order chi connectivity index (χ0) is 17.1. The largest absolute Gasteiger partial charge is 0.489 e. The number of ether oxygens (including phenoxy) is 2. The second-order valence-corrected chi connectivity index (χ2v) is 6.48. The highest BCUT2D eigenvalue weighted by atomic mass is 16.5. The zero-order valence-electron chi connectivity index (χ0n) is 14.0. The third-order valence-corrected chi connectivity index (χ3v) is 4.77. The summed E-state index contributed by atoms with van der Waals surface area (Å²) in [5, 5.41) is 11.2. The third kappa shape index (κ3) is 3.21. The summed E-state index contributed by atoms with van der Waals surface area (Å²) in [6, 6.07) is 11.2. The van der Waals surface area contributed by atoms with Crippen molar-refractivity contribution in [1.82, 2.24) is 0 Å². The number of rotatable bonds is 3. The van der Waals surface area contributed by atoms with Gasteiger partial charge in [0.05, 0.1) is 18.8 Å². The summed E-state index contributed by atoms with van der Waals surface area (Å²) < 4.78 is 10.9. The summed E-state index contributed by atoms with van der Waals surface area (Å²) >= 11 is 0. The molecule has 2 aromatic carbocycles. The molecule has 1 aliphatic rings. The van der Waals surface area contributed by atoms with E-state index in [-0.39, 0.29) is 12.1 Å². The Labute approximate surface area is 142 Å². The highest BCUT2D eigenvalue weighted by molar-refractivity contribution is 5.97. The first-order valence-electron chi connectivity index (χ1n) is 8.34. The van der Waals surface area contributed by atoms with E-state index < -0.39 is 0 Å². The Morgan fingerprint density at radius 1 is 1.17 bits per heavy atom. The Morgan fingerprint density at radius 2 is 1.92 bits per heavy atom. The second-order valence-electron chi connectivity index (χ2n) is 6.48. The van der Waals surface area contributed by atoms with E-state index >= 15 is 0 Å². The lowest BCUT2D eigenvalue weighted by Gasteiger charge is -2.27. The minimum atomic E-state index is -0.382. The average molecular weight is 323 g/mol. The predicted octanol–water partition coefficient (Wildman–Crippen LogP) is 4.46. The molecule has 0 amide bonds. The highest BCUT2D eigenvalue weighted by Gasteiger charge is 2.21. The van der Waals surface area contributed by atoms with Crippen LogP contribution in [-0.4, -0.2) is 19.2 Å². The quantitative estimate of drug-likeness (QED) is 0.783. The number of hydrogen-bond donors (Lipinski definition) is 0. The van der Waals surface area contributed by atoms with E-state index in [2.05, 4.69) is 13.0 Å². The topological polar surface area (TPSA) is 59.3 Å². The van der Waals surface area contributed by atoms with Crippen LogP contribution in [0.4, 0.5) is 0 Å². The van der Waals surface area contributed by atoms with Crippen LogP contribution in [0.5, 0.6) is 5.75 Å². The molecule has 4 heteroatoms. The van der Waals surface area contributed by atoms with Gasteiger partial charge in [-0.2, -0.15) is 5.26 Å². The lowest BCUT2D eigenvalue weighted by molar-refractivity contribution is 0.0601. The lowest BCUT2D eigenvalue weighted by Crippen LogP contribution is -2.23. The second kappa shape index (κ2) is 6.92. The molecule has 0 saturated heterocycles. The van der Waals surface area contributed by atoms with E-state index in [1.807, 2.05) is 12.1 Å². The summed E-state index contributed by atoms with van der Waals surface area (Å²) in [6.45, 7) is 2.27. The molecule has 3 rings (SSSR count). The molecule has 124 valence electrons. The van der Waals surface area contributed by atoms with Gasteiger partial charge in [-0.1, -0.05) is 19.1 Å². The van der Waals surface area contributed by atoms with Crippen LogP contribution < -0.4 is 4.74 Å². The van der Waals surface area contributed by atoms with Crippen LogP contribution in [0.3, 0.4) is 0 Å². The van der Waals surface area contributed by atoms with Gasteiger partial charge < -0.3 is 9.47 Å². The standard InChI is InChI=1S/C20H21NO3/c1-13-3-7-16(8-4-13)24-19-10-6-14-11-15(20(22)23-2)5-9-17(14)18(19)12-21/h5-6,9-11,13,16H,3-4,7-8H2,1-2H3. The molecule has 2 aromatic rings. The highest BCUT2D eigenvalue weighted by Crippen LogP contribution is 2.32. The molecule has 0 radical (unpaired) electrons. The summed E-state index contributed by atoms with van der Waals surface area (Å²) in [7, 11) is 1.36. The van der Waals surface area contributed by atoms with Gasteiger partial charge in [0.25, 0.3) is 0 Å². The Hall–Kier alpha value is -2.54. The Bertz CT molecular complexity index is 798. The molecule has 1 fully saturated rings. The molecule has 1 saturated carbocycles. The Morgan fingerprint density at radius 3 is 2.58 bits per heavy atom. The molecule has 0 unspecified atom stereocenters. The number of nitriles is 1. The fourth-order valence-corrected chi connectivity index (χ4v) is 3.30. The number of hydrogen-bond acceptors (Lipinski definition) is 4. The lowest BCUT2D eigenvalue weighted by atomic mass is 9.89. The van der Waals surface area contributed by atoms with Crippen LogP contribution in [0.15, 0.2) is 30.3 Å². The Kier molecular flexibility index (Phi) is 4.71. The molecule has 0 heterocycles. The van der Waals surface area contributed by atoms with Gasteiger partial charge in [-0.05, 0) is 55.2 Å². The first-order chi connectivity index (χ1) is 11.6. The van der Waals surface area contributed by atoms with Crippen LogP contribution >= 0.6 is 0 Å². The van der Waals surface area contributed by atoms with E-state index in [1.54, 1.807) is 18.2 Å². The maximum absolute atomic E-state index is 11.7. The summed E-state index contributed by atoms with van der Waals surface area (Å²) in [4.78, 5) is 11.7. The van der Waals surface area contributed by atoms with Crippen molar-refractivity contribution in [2.24, 2.45) is 5.92 Å². The molecule has 0 atom stereocenters. The fourth-order valence-electron chi connectivity index (χ4n) is 3.30. The predicted molar refractivity (Wildman–Crippen MR) is 92.1 cm³/mol. The molecule has 1 aliphatic carbocycles. The van der Waals surface area contributed by atoms with E-state index in [4.69, 9.17) is 9.47 Å². The number of carbonyl (C=O) groups is 1. The summed E-state index contributed by atoms with van der Waals surface area (Å²) in [6.07, 6.45) is 4.59. The molecule has 24 heavy (non-hydrogen) atoms. The Balaban J connectivity index is 1.92. The van der Waals surface area contributed by atoms with Crippen LogP contribution in [0.1, 0.15) is 48.5 Å². The third-order valence-electron chi connectivity index (χ3n) is 4.77.